The lowest BCUT2D eigenvalue weighted by Gasteiger charge is -2.32. The van der Waals surface area contributed by atoms with E-state index in [2.05, 4.69) is 55.4 Å². The Morgan fingerprint density at radius 2 is 1.96 bits per heavy atom. The number of piperidine rings is 1. The molecule has 130 valence electrons. The topological polar surface area (TPSA) is 88.3 Å². The number of aromatic nitrogens is 1. The molecule has 3 N–H and O–H groups in total. The molecule has 0 atom stereocenters. The summed E-state index contributed by atoms with van der Waals surface area (Å²) in [4.78, 5) is 6.53. The quantitative estimate of drug-likeness (QED) is 0.760. The number of likely N-dealkylation sites (tertiary alicyclic amines) is 1. The molecule has 9 heteroatoms. The summed E-state index contributed by atoms with van der Waals surface area (Å²) in [7, 11) is -3.66. The number of rotatable bonds is 5. The van der Waals surface area contributed by atoms with Crippen LogP contribution in [-0.2, 0) is 16.6 Å². The Morgan fingerprint density at radius 1 is 1.29 bits per heavy atom. The van der Waals surface area contributed by atoms with Gasteiger partial charge in [0.05, 0.1) is 6.20 Å². The highest BCUT2D eigenvalue weighted by atomic mass is 79.9. The van der Waals surface area contributed by atoms with Crippen LogP contribution in [0.4, 0.5) is 5.13 Å². The Kier molecular flexibility index (Phi) is 5.56. The van der Waals surface area contributed by atoms with Gasteiger partial charge in [0.1, 0.15) is 0 Å². The Hall–Kier alpha value is -1.000. The number of hydrogen-bond donors (Lipinski definition) is 2. The van der Waals surface area contributed by atoms with E-state index in [0.29, 0.717) is 11.2 Å². The van der Waals surface area contributed by atoms with Crippen LogP contribution in [0.2, 0.25) is 0 Å². The molecule has 0 bridgehead atoms. The average molecular weight is 431 g/mol. The number of anilines is 1. The highest BCUT2D eigenvalue weighted by molar-refractivity contribution is 9.10. The van der Waals surface area contributed by atoms with E-state index in [4.69, 9.17) is 5.14 Å². The Bertz CT molecular complexity index is 784. The largest absolute Gasteiger partial charge is 0.359 e. The molecule has 0 unspecified atom stereocenters. The van der Waals surface area contributed by atoms with Gasteiger partial charge in [0.25, 0.3) is 0 Å². The van der Waals surface area contributed by atoms with Crippen molar-refractivity contribution in [3.8, 4) is 0 Å². The van der Waals surface area contributed by atoms with Crippen molar-refractivity contribution in [2.75, 3.05) is 18.4 Å². The van der Waals surface area contributed by atoms with Crippen molar-refractivity contribution < 1.29 is 8.42 Å². The third kappa shape index (κ3) is 4.76. The number of thiazole rings is 1. The van der Waals surface area contributed by atoms with Gasteiger partial charge in [0.2, 0.25) is 10.0 Å². The van der Waals surface area contributed by atoms with Crippen molar-refractivity contribution in [3.63, 3.8) is 0 Å². The van der Waals surface area contributed by atoms with Crippen LogP contribution in [0.5, 0.6) is 0 Å². The maximum atomic E-state index is 11.3. The van der Waals surface area contributed by atoms with Crippen LogP contribution >= 0.6 is 27.3 Å². The van der Waals surface area contributed by atoms with Crippen LogP contribution in [0.15, 0.2) is 39.1 Å². The van der Waals surface area contributed by atoms with Gasteiger partial charge in [-0.1, -0.05) is 39.4 Å². The fraction of sp³-hybridized carbons (Fsp3) is 0.400. The molecule has 0 radical (unpaired) electrons. The Balaban J connectivity index is 1.50. The predicted octanol–water partition coefficient (Wildman–Crippen LogP) is 2.63. The molecule has 6 nitrogen and oxygen atoms in total. The molecule has 1 aliphatic rings. The monoisotopic (exact) mass is 430 g/mol. The van der Waals surface area contributed by atoms with E-state index in [9.17, 15) is 8.42 Å². The summed E-state index contributed by atoms with van der Waals surface area (Å²) >= 11 is 4.54. The summed E-state index contributed by atoms with van der Waals surface area (Å²) in [5, 5.41) is 9.05. The molecule has 0 aliphatic carbocycles. The molecule has 24 heavy (non-hydrogen) atoms. The van der Waals surface area contributed by atoms with Gasteiger partial charge < -0.3 is 5.32 Å². The van der Waals surface area contributed by atoms with Crippen molar-refractivity contribution in [2.45, 2.75) is 29.6 Å². The normalized spacial score (nSPS) is 17.1. The van der Waals surface area contributed by atoms with Gasteiger partial charge >= 0.3 is 0 Å². The molecular weight excluding hydrogens is 412 g/mol. The van der Waals surface area contributed by atoms with E-state index in [1.807, 2.05) is 0 Å². The first-order valence-electron chi connectivity index (χ1n) is 7.62. The van der Waals surface area contributed by atoms with E-state index in [1.165, 1.54) is 11.8 Å². The number of primary sulfonamides is 1. The van der Waals surface area contributed by atoms with Gasteiger partial charge in [0, 0.05) is 30.1 Å². The second-order valence-corrected chi connectivity index (χ2v) is 9.59. The van der Waals surface area contributed by atoms with Crippen molar-refractivity contribution in [3.05, 3.63) is 40.5 Å². The zero-order chi connectivity index (χ0) is 17.2. The second-order valence-electron chi connectivity index (χ2n) is 5.85. The molecule has 2 aromatic rings. The Morgan fingerprint density at radius 3 is 2.54 bits per heavy atom. The van der Waals surface area contributed by atoms with E-state index >= 15 is 0 Å². The van der Waals surface area contributed by atoms with Crippen LogP contribution in [0.25, 0.3) is 0 Å². The van der Waals surface area contributed by atoms with Gasteiger partial charge in [-0.25, -0.2) is 18.5 Å². The standard InChI is InChI=1S/C15H19BrN4O2S2/c16-12-3-1-11(2-4-12)10-20-7-5-13(6-8-20)19-15-18-9-14(23-15)24(17,21)22/h1-4,9,13H,5-8,10H2,(H,18,19)(H2,17,21,22). The van der Waals surface area contributed by atoms with E-state index < -0.39 is 10.0 Å². The molecule has 1 aliphatic heterocycles. The molecule has 3 rings (SSSR count). The molecule has 2 heterocycles. The predicted molar refractivity (Wildman–Crippen MR) is 99.6 cm³/mol. The molecule has 0 saturated carbocycles. The Labute approximate surface area is 154 Å². The number of hydrogen-bond acceptors (Lipinski definition) is 6. The molecule has 0 amide bonds. The summed E-state index contributed by atoms with van der Waals surface area (Å²) in [5.41, 5.74) is 1.31. The van der Waals surface area contributed by atoms with Crippen LogP contribution < -0.4 is 10.5 Å². The summed E-state index contributed by atoms with van der Waals surface area (Å²) in [6, 6.07) is 8.72. The lowest BCUT2D eigenvalue weighted by molar-refractivity contribution is 0.211. The minimum atomic E-state index is -3.66. The molecule has 1 aromatic carbocycles. The summed E-state index contributed by atoms with van der Waals surface area (Å²) in [6.07, 6.45) is 3.31. The number of benzene rings is 1. The van der Waals surface area contributed by atoms with Crippen molar-refractivity contribution in [1.82, 2.24) is 9.88 Å². The summed E-state index contributed by atoms with van der Waals surface area (Å²) in [6.45, 7) is 2.95. The van der Waals surface area contributed by atoms with Crippen molar-refractivity contribution in [1.29, 1.82) is 0 Å². The number of halogens is 1. The minimum absolute atomic E-state index is 0.0951. The summed E-state index contributed by atoms with van der Waals surface area (Å²) in [5.74, 6) is 0. The lowest BCUT2D eigenvalue weighted by Crippen LogP contribution is -2.38. The first-order valence-corrected chi connectivity index (χ1v) is 10.8. The fourth-order valence-corrected chi connectivity index (χ4v) is 4.51. The van der Waals surface area contributed by atoms with Gasteiger partial charge in [-0.3, -0.25) is 4.90 Å². The minimum Gasteiger partial charge on any atom is -0.359 e. The molecule has 1 aromatic heterocycles. The smallest absolute Gasteiger partial charge is 0.249 e. The SMILES string of the molecule is NS(=O)(=O)c1cnc(NC2CCN(Cc3ccc(Br)cc3)CC2)s1. The molecular formula is C15H19BrN4O2S2. The van der Waals surface area contributed by atoms with Crippen molar-refractivity contribution in [2.24, 2.45) is 5.14 Å². The van der Waals surface area contributed by atoms with Gasteiger partial charge in [-0.05, 0) is 30.5 Å². The van der Waals surface area contributed by atoms with Crippen LogP contribution in [0.1, 0.15) is 18.4 Å². The summed E-state index contributed by atoms with van der Waals surface area (Å²) < 4.78 is 23.8. The maximum absolute atomic E-state index is 11.3. The van der Waals surface area contributed by atoms with Gasteiger partial charge in [-0.15, -0.1) is 0 Å². The van der Waals surface area contributed by atoms with E-state index in [0.717, 1.165) is 48.3 Å². The lowest BCUT2D eigenvalue weighted by atomic mass is 10.0. The average Bonchev–Trinajstić information content (AvgIpc) is 3.00. The van der Waals surface area contributed by atoms with Gasteiger partial charge in [-0.2, -0.15) is 0 Å². The number of nitrogens with one attached hydrogen (secondary N) is 1. The second kappa shape index (κ2) is 7.49. The maximum Gasteiger partial charge on any atom is 0.249 e. The first kappa shape index (κ1) is 17.8. The highest BCUT2D eigenvalue weighted by Crippen LogP contribution is 2.24. The first-order chi connectivity index (χ1) is 11.4. The molecule has 1 fully saturated rings. The van der Waals surface area contributed by atoms with Crippen LogP contribution in [0, 0.1) is 0 Å². The zero-order valence-corrected chi connectivity index (χ0v) is 16.2. The highest BCUT2D eigenvalue weighted by Gasteiger charge is 2.21. The number of nitrogens with zero attached hydrogens (tertiary/aromatic N) is 2. The molecule has 0 spiro atoms. The van der Waals surface area contributed by atoms with Crippen LogP contribution in [-0.4, -0.2) is 37.4 Å². The van der Waals surface area contributed by atoms with Crippen LogP contribution in [0.3, 0.4) is 0 Å². The third-order valence-corrected chi connectivity index (χ3v) is 6.86. The number of nitrogens with two attached hydrogens (primary N) is 1. The zero-order valence-electron chi connectivity index (χ0n) is 13.0. The van der Waals surface area contributed by atoms with E-state index in [-0.39, 0.29) is 4.21 Å². The number of sulfonamides is 1. The molecule has 1 saturated heterocycles. The van der Waals surface area contributed by atoms with Crippen molar-refractivity contribution >= 4 is 42.4 Å². The fourth-order valence-electron chi connectivity index (χ4n) is 2.72. The van der Waals surface area contributed by atoms with E-state index in [1.54, 1.807) is 0 Å². The third-order valence-electron chi connectivity index (χ3n) is 4.00. The van der Waals surface area contributed by atoms with Gasteiger partial charge in [0.15, 0.2) is 9.34 Å².